The van der Waals surface area contributed by atoms with Gasteiger partial charge < -0.3 is 4.57 Å². The van der Waals surface area contributed by atoms with Gasteiger partial charge in [-0.1, -0.05) is 30.0 Å². The number of aromatic nitrogens is 3. The number of aryl methyl sites for hydroxylation is 1. The minimum absolute atomic E-state index is 0.179. The first-order valence-corrected chi connectivity index (χ1v) is 8.57. The van der Waals surface area contributed by atoms with Gasteiger partial charge in [-0.25, -0.2) is 10.4 Å². The third-order valence-electron chi connectivity index (χ3n) is 3.34. The quantitative estimate of drug-likeness (QED) is 0.426. The molecular formula is C17H17N5OS. The number of nitrogens with one attached hydrogen (secondary N) is 1. The molecule has 0 aliphatic heterocycles. The van der Waals surface area contributed by atoms with E-state index in [0.29, 0.717) is 5.69 Å². The predicted octanol–water partition coefficient (Wildman–Crippen LogP) is 2.69. The highest BCUT2D eigenvalue weighted by Crippen LogP contribution is 2.23. The Labute approximate surface area is 144 Å². The third kappa shape index (κ3) is 3.80. The van der Waals surface area contributed by atoms with Gasteiger partial charge in [0.05, 0.1) is 28.7 Å². The molecule has 0 aliphatic rings. The molecule has 122 valence electrons. The van der Waals surface area contributed by atoms with Crippen molar-refractivity contribution in [1.29, 1.82) is 0 Å². The van der Waals surface area contributed by atoms with Crippen molar-refractivity contribution in [3.05, 3.63) is 54.4 Å². The molecule has 0 saturated heterocycles. The maximum Gasteiger partial charge on any atom is 0.250 e. The van der Waals surface area contributed by atoms with E-state index in [0.717, 1.165) is 22.7 Å². The lowest BCUT2D eigenvalue weighted by Crippen LogP contribution is -2.20. The van der Waals surface area contributed by atoms with E-state index in [2.05, 4.69) is 32.0 Å². The van der Waals surface area contributed by atoms with Crippen LogP contribution in [0.2, 0.25) is 0 Å². The number of pyridine rings is 1. The first-order valence-electron chi connectivity index (χ1n) is 7.59. The Bertz CT molecular complexity index is 860. The number of nitrogens with zero attached hydrogens (tertiary/aromatic N) is 4. The van der Waals surface area contributed by atoms with E-state index in [1.807, 2.05) is 42.5 Å². The van der Waals surface area contributed by atoms with Gasteiger partial charge in [0.15, 0.2) is 5.16 Å². The lowest BCUT2D eigenvalue weighted by atomic mass is 10.3. The van der Waals surface area contributed by atoms with Gasteiger partial charge >= 0.3 is 0 Å². The summed E-state index contributed by atoms with van der Waals surface area (Å²) in [5.74, 6) is 0.0741. The molecule has 0 aliphatic carbocycles. The number of benzene rings is 1. The molecule has 1 aromatic carbocycles. The fourth-order valence-electron chi connectivity index (χ4n) is 2.25. The van der Waals surface area contributed by atoms with Crippen molar-refractivity contribution < 1.29 is 4.79 Å². The van der Waals surface area contributed by atoms with Crippen molar-refractivity contribution in [1.82, 2.24) is 20.0 Å². The van der Waals surface area contributed by atoms with Crippen LogP contribution in [0.4, 0.5) is 0 Å². The summed E-state index contributed by atoms with van der Waals surface area (Å²) < 4.78 is 2.10. The highest BCUT2D eigenvalue weighted by atomic mass is 32.2. The molecule has 2 heterocycles. The summed E-state index contributed by atoms with van der Waals surface area (Å²) in [5.41, 5.74) is 5.22. The number of hydrogen-bond acceptors (Lipinski definition) is 5. The molecule has 0 saturated carbocycles. The second-order valence-corrected chi connectivity index (χ2v) is 5.91. The smallest absolute Gasteiger partial charge is 0.250 e. The number of hydrogen-bond donors (Lipinski definition) is 1. The Morgan fingerprint density at radius 2 is 2.12 bits per heavy atom. The number of fused-ring (bicyclic) bond motifs is 1. The van der Waals surface area contributed by atoms with Crippen LogP contribution in [-0.2, 0) is 11.3 Å². The fraction of sp³-hybridized carbons (Fsp3) is 0.176. The van der Waals surface area contributed by atoms with Gasteiger partial charge in [0.25, 0.3) is 5.91 Å². The molecule has 24 heavy (non-hydrogen) atoms. The molecule has 1 amide bonds. The molecule has 0 spiro atoms. The van der Waals surface area contributed by atoms with E-state index in [1.165, 1.54) is 18.0 Å². The molecular weight excluding hydrogens is 322 g/mol. The first kappa shape index (κ1) is 16.2. The molecule has 0 fully saturated rings. The van der Waals surface area contributed by atoms with Gasteiger partial charge in [-0.2, -0.15) is 5.10 Å². The molecule has 1 N–H and O–H groups in total. The van der Waals surface area contributed by atoms with Crippen LogP contribution < -0.4 is 5.43 Å². The summed E-state index contributed by atoms with van der Waals surface area (Å²) in [5, 5.41) is 4.75. The zero-order chi connectivity index (χ0) is 16.8. The highest BCUT2D eigenvalue weighted by Gasteiger charge is 2.11. The molecule has 3 rings (SSSR count). The van der Waals surface area contributed by atoms with Crippen LogP contribution in [0.5, 0.6) is 0 Å². The molecule has 3 aromatic rings. The van der Waals surface area contributed by atoms with Crippen LogP contribution >= 0.6 is 11.8 Å². The summed E-state index contributed by atoms with van der Waals surface area (Å²) in [6.07, 6.45) is 3.19. The van der Waals surface area contributed by atoms with E-state index in [4.69, 9.17) is 0 Å². The second kappa shape index (κ2) is 7.74. The topological polar surface area (TPSA) is 72.2 Å². The average Bonchev–Trinajstić information content (AvgIpc) is 2.98. The molecule has 2 aromatic heterocycles. The lowest BCUT2D eigenvalue weighted by Gasteiger charge is -2.04. The Morgan fingerprint density at radius 3 is 2.92 bits per heavy atom. The van der Waals surface area contributed by atoms with Crippen LogP contribution in [0.1, 0.15) is 12.6 Å². The first-order chi connectivity index (χ1) is 11.8. The standard InChI is InChI=1S/C17H17N5OS/c1-2-22-15-9-4-3-8-14(15)20-17(22)24-12-16(23)21-19-11-13-7-5-6-10-18-13/h3-11H,2,12H2,1H3,(H,21,23)/b19-11-. The summed E-state index contributed by atoms with van der Waals surface area (Å²) in [6.45, 7) is 2.87. The molecule has 0 unspecified atom stereocenters. The van der Waals surface area contributed by atoms with Crippen molar-refractivity contribution >= 4 is 34.9 Å². The normalized spacial score (nSPS) is 11.2. The number of carbonyl (C=O) groups excluding carboxylic acids is 1. The van der Waals surface area contributed by atoms with Crippen LogP contribution in [0.15, 0.2) is 58.9 Å². The summed E-state index contributed by atoms with van der Waals surface area (Å²) in [6, 6.07) is 13.5. The zero-order valence-corrected chi connectivity index (χ0v) is 14.0. The van der Waals surface area contributed by atoms with Gasteiger partial charge in [-0.05, 0) is 31.2 Å². The Morgan fingerprint density at radius 1 is 1.29 bits per heavy atom. The Kier molecular flexibility index (Phi) is 5.22. The third-order valence-corrected chi connectivity index (χ3v) is 4.32. The Balaban J connectivity index is 1.59. The van der Waals surface area contributed by atoms with E-state index < -0.39 is 0 Å². The second-order valence-electron chi connectivity index (χ2n) is 4.96. The van der Waals surface area contributed by atoms with Gasteiger partial charge in [-0.15, -0.1) is 0 Å². The van der Waals surface area contributed by atoms with Crippen molar-refractivity contribution in [2.75, 3.05) is 5.75 Å². The average molecular weight is 339 g/mol. The SMILES string of the molecule is CCn1c(SCC(=O)N/N=C\c2ccccn2)nc2ccccc21. The number of rotatable bonds is 6. The fourth-order valence-corrected chi connectivity index (χ4v) is 3.13. The maximum absolute atomic E-state index is 11.9. The van der Waals surface area contributed by atoms with E-state index >= 15 is 0 Å². The molecule has 6 nitrogen and oxygen atoms in total. The maximum atomic E-state index is 11.9. The molecule has 7 heteroatoms. The van der Waals surface area contributed by atoms with Crippen molar-refractivity contribution in [2.45, 2.75) is 18.6 Å². The van der Waals surface area contributed by atoms with Gasteiger partial charge in [0.1, 0.15) is 0 Å². The number of hydrazone groups is 1. The zero-order valence-electron chi connectivity index (χ0n) is 13.2. The summed E-state index contributed by atoms with van der Waals surface area (Å²) in [7, 11) is 0. The minimum atomic E-state index is -0.179. The molecule has 0 bridgehead atoms. The van der Waals surface area contributed by atoms with E-state index in [-0.39, 0.29) is 11.7 Å². The van der Waals surface area contributed by atoms with Crippen molar-refractivity contribution in [3.63, 3.8) is 0 Å². The largest absolute Gasteiger partial charge is 0.319 e. The summed E-state index contributed by atoms with van der Waals surface area (Å²) in [4.78, 5) is 20.6. The Hall–Kier alpha value is -2.67. The molecule has 0 radical (unpaired) electrons. The van der Waals surface area contributed by atoms with Gasteiger partial charge in [0, 0.05) is 12.7 Å². The number of thioether (sulfide) groups is 1. The number of amides is 1. The van der Waals surface area contributed by atoms with Crippen LogP contribution in [0.25, 0.3) is 11.0 Å². The number of para-hydroxylation sites is 2. The van der Waals surface area contributed by atoms with E-state index in [9.17, 15) is 4.79 Å². The number of carbonyl (C=O) groups is 1. The predicted molar refractivity (Wildman–Crippen MR) is 96.1 cm³/mol. The minimum Gasteiger partial charge on any atom is -0.319 e. The highest BCUT2D eigenvalue weighted by molar-refractivity contribution is 7.99. The van der Waals surface area contributed by atoms with Crippen molar-refractivity contribution in [2.24, 2.45) is 5.10 Å². The van der Waals surface area contributed by atoms with Crippen molar-refractivity contribution in [3.8, 4) is 0 Å². The molecule has 0 atom stereocenters. The number of imidazole rings is 1. The summed E-state index contributed by atoms with van der Waals surface area (Å²) >= 11 is 1.40. The monoisotopic (exact) mass is 339 g/mol. The van der Waals surface area contributed by atoms with Crippen LogP contribution in [0.3, 0.4) is 0 Å². The van der Waals surface area contributed by atoms with Crippen LogP contribution in [0, 0.1) is 0 Å². The van der Waals surface area contributed by atoms with Gasteiger partial charge in [0.2, 0.25) is 0 Å². The van der Waals surface area contributed by atoms with E-state index in [1.54, 1.807) is 6.20 Å². The van der Waals surface area contributed by atoms with Gasteiger partial charge in [-0.3, -0.25) is 9.78 Å². The van der Waals surface area contributed by atoms with Crippen LogP contribution in [-0.4, -0.2) is 32.4 Å². The lowest BCUT2D eigenvalue weighted by molar-refractivity contribution is -0.118.